The van der Waals surface area contributed by atoms with Gasteiger partial charge in [-0.3, -0.25) is 4.68 Å². The van der Waals surface area contributed by atoms with Gasteiger partial charge in [-0.15, -0.1) is 0 Å². The van der Waals surface area contributed by atoms with E-state index in [0.717, 1.165) is 0 Å². The first-order chi connectivity index (χ1) is 6.72. The molecular formula is C10H16N2O2S. The molecular weight excluding hydrogens is 212 g/mol. The van der Waals surface area contributed by atoms with Crippen molar-refractivity contribution in [1.29, 1.82) is 0 Å². The molecule has 1 N–H and O–H groups in total. The van der Waals surface area contributed by atoms with E-state index in [2.05, 4.69) is 5.10 Å². The highest BCUT2D eigenvalue weighted by Crippen LogP contribution is 2.34. The van der Waals surface area contributed by atoms with E-state index in [9.17, 15) is 4.79 Å². The summed E-state index contributed by atoms with van der Waals surface area (Å²) in [6.07, 6.45) is 0. The predicted octanol–water partition coefficient (Wildman–Crippen LogP) is 2.32. The third-order valence-corrected chi connectivity index (χ3v) is 3.06. The standard InChI is InChI=1S/C10H16N2O2S/c1-6-7(9(13)14)8(12(5)11-6)15-10(2,3)4/h1-5H3,(H,13,14). The van der Waals surface area contributed by atoms with Gasteiger partial charge in [-0.05, 0) is 6.92 Å². The molecule has 0 bridgehead atoms. The van der Waals surface area contributed by atoms with Crippen LogP contribution in [0.1, 0.15) is 36.8 Å². The van der Waals surface area contributed by atoms with Crippen molar-refractivity contribution in [3.05, 3.63) is 11.3 Å². The second kappa shape index (κ2) is 3.89. The van der Waals surface area contributed by atoms with E-state index in [-0.39, 0.29) is 4.75 Å². The van der Waals surface area contributed by atoms with Crippen molar-refractivity contribution >= 4 is 17.7 Å². The molecule has 15 heavy (non-hydrogen) atoms. The lowest BCUT2D eigenvalue weighted by Gasteiger charge is -2.17. The smallest absolute Gasteiger partial charge is 0.340 e. The second-order valence-corrected chi connectivity index (χ2v) is 6.22. The third-order valence-electron chi connectivity index (χ3n) is 1.79. The number of carboxylic acid groups (broad SMARTS) is 1. The molecule has 0 saturated heterocycles. The molecule has 4 nitrogen and oxygen atoms in total. The van der Waals surface area contributed by atoms with Crippen LogP contribution in [0.2, 0.25) is 0 Å². The second-order valence-electron chi connectivity index (χ2n) is 4.41. The highest BCUT2D eigenvalue weighted by atomic mass is 32.2. The molecule has 84 valence electrons. The lowest BCUT2D eigenvalue weighted by atomic mass is 10.2. The SMILES string of the molecule is Cc1nn(C)c(SC(C)(C)C)c1C(=O)O. The highest BCUT2D eigenvalue weighted by Gasteiger charge is 2.24. The van der Waals surface area contributed by atoms with E-state index >= 15 is 0 Å². The van der Waals surface area contributed by atoms with Gasteiger partial charge in [0.25, 0.3) is 0 Å². The summed E-state index contributed by atoms with van der Waals surface area (Å²) in [6.45, 7) is 7.86. The van der Waals surface area contributed by atoms with Crippen molar-refractivity contribution in [2.45, 2.75) is 37.5 Å². The minimum atomic E-state index is -0.910. The van der Waals surface area contributed by atoms with Crippen LogP contribution in [-0.2, 0) is 7.05 Å². The number of rotatable bonds is 2. The van der Waals surface area contributed by atoms with E-state index in [0.29, 0.717) is 16.3 Å². The summed E-state index contributed by atoms with van der Waals surface area (Å²) in [5, 5.41) is 13.9. The number of carbonyl (C=O) groups is 1. The molecule has 1 rings (SSSR count). The molecule has 0 spiro atoms. The molecule has 0 radical (unpaired) electrons. The molecule has 0 aliphatic carbocycles. The Morgan fingerprint density at radius 1 is 1.47 bits per heavy atom. The fourth-order valence-corrected chi connectivity index (χ4v) is 2.38. The topological polar surface area (TPSA) is 55.1 Å². The van der Waals surface area contributed by atoms with E-state index in [1.165, 1.54) is 11.8 Å². The number of aromatic carboxylic acids is 1. The van der Waals surface area contributed by atoms with Crippen LogP contribution in [0.3, 0.4) is 0 Å². The van der Waals surface area contributed by atoms with Gasteiger partial charge in [0.1, 0.15) is 10.6 Å². The average Bonchev–Trinajstić information content (AvgIpc) is 2.23. The van der Waals surface area contributed by atoms with Crippen molar-refractivity contribution in [3.63, 3.8) is 0 Å². The van der Waals surface area contributed by atoms with Crippen LogP contribution in [0.4, 0.5) is 0 Å². The van der Waals surface area contributed by atoms with Gasteiger partial charge in [-0.2, -0.15) is 5.10 Å². The Kier molecular flexibility index (Phi) is 3.13. The summed E-state index contributed by atoms with van der Waals surface area (Å²) in [5.41, 5.74) is 0.883. The summed E-state index contributed by atoms with van der Waals surface area (Å²) in [4.78, 5) is 11.1. The molecule has 1 aromatic rings. The molecule has 0 amide bonds. The van der Waals surface area contributed by atoms with E-state index < -0.39 is 5.97 Å². The zero-order valence-electron chi connectivity index (χ0n) is 9.66. The Bertz CT molecular complexity index is 391. The summed E-state index contributed by atoms with van der Waals surface area (Å²) < 4.78 is 1.61. The Hall–Kier alpha value is -0.970. The monoisotopic (exact) mass is 228 g/mol. The maximum atomic E-state index is 11.1. The number of nitrogens with zero attached hydrogens (tertiary/aromatic N) is 2. The molecule has 5 heteroatoms. The van der Waals surface area contributed by atoms with E-state index in [1.54, 1.807) is 18.7 Å². The molecule has 0 fully saturated rings. The first-order valence-electron chi connectivity index (χ1n) is 4.68. The third kappa shape index (κ3) is 2.75. The maximum Gasteiger partial charge on any atom is 0.340 e. The Morgan fingerprint density at radius 2 is 2.00 bits per heavy atom. The number of carboxylic acids is 1. The summed E-state index contributed by atoms with van der Waals surface area (Å²) in [5.74, 6) is -0.910. The largest absolute Gasteiger partial charge is 0.478 e. The highest BCUT2D eigenvalue weighted by molar-refractivity contribution is 8.00. The van der Waals surface area contributed by atoms with Crippen LogP contribution in [0.15, 0.2) is 5.03 Å². The van der Waals surface area contributed by atoms with Crippen molar-refractivity contribution in [2.75, 3.05) is 0 Å². The van der Waals surface area contributed by atoms with Crippen LogP contribution < -0.4 is 0 Å². The van der Waals surface area contributed by atoms with Crippen LogP contribution >= 0.6 is 11.8 Å². The molecule has 0 unspecified atom stereocenters. The number of aryl methyl sites for hydroxylation is 2. The first-order valence-corrected chi connectivity index (χ1v) is 5.50. The van der Waals surface area contributed by atoms with Gasteiger partial charge in [0.2, 0.25) is 0 Å². The minimum absolute atomic E-state index is 0.0234. The van der Waals surface area contributed by atoms with Gasteiger partial charge in [0.05, 0.1) is 5.69 Å². The quantitative estimate of drug-likeness (QED) is 0.789. The predicted molar refractivity (Wildman–Crippen MR) is 60.5 cm³/mol. The fraction of sp³-hybridized carbons (Fsp3) is 0.600. The number of hydrogen-bond donors (Lipinski definition) is 1. The van der Waals surface area contributed by atoms with Gasteiger partial charge in [-0.25, -0.2) is 4.79 Å². The minimum Gasteiger partial charge on any atom is -0.478 e. The maximum absolute atomic E-state index is 11.1. The Morgan fingerprint density at radius 3 is 2.40 bits per heavy atom. The Labute approximate surface area is 93.7 Å². The molecule has 0 aliphatic heterocycles. The van der Waals surface area contributed by atoms with Gasteiger partial charge in [0.15, 0.2) is 0 Å². The molecule has 1 heterocycles. The Balaban J connectivity index is 3.21. The van der Waals surface area contributed by atoms with Crippen LogP contribution in [0, 0.1) is 6.92 Å². The lowest BCUT2D eigenvalue weighted by Crippen LogP contribution is -2.11. The zero-order valence-corrected chi connectivity index (χ0v) is 10.5. The van der Waals surface area contributed by atoms with Crippen LogP contribution in [0.5, 0.6) is 0 Å². The van der Waals surface area contributed by atoms with Crippen molar-refractivity contribution < 1.29 is 9.90 Å². The van der Waals surface area contributed by atoms with Crippen molar-refractivity contribution in [2.24, 2.45) is 7.05 Å². The summed E-state index contributed by atoms with van der Waals surface area (Å²) in [7, 11) is 1.77. The van der Waals surface area contributed by atoms with E-state index in [1.807, 2.05) is 20.8 Å². The molecule has 0 atom stereocenters. The number of thioether (sulfide) groups is 1. The molecule has 0 aliphatic rings. The van der Waals surface area contributed by atoms with Gasteiger partial charge in [0, 0.05) is 11.8 Å². The summed E-state index contributed by atoms with van der Waals surface area (Å²) in [6, 6.07) is 0. The lowest BCUT2D eigenvalue weighted by molar-refractivity contribution is 0.0692. The molecule has 0 saturated carbocycles. The molecule has 1 aromatic heterocycles. The normalized spacial score (nSPS) is 11.8. The average molecular weight is 228 g/mol. The summed E-state index contributed by atoms with van der Waals surface area (Å²) >= 11 is 1.52. The van der Waals surface area contributed by atoms with Crippen molar-refractivity contribution in [1.82, 2.24) is 9.78 Å². The van der Waals surface area contributed by atoms with Gasteiger partial charge < -0.3 is 5.11 Å². The van der Waals surface area contributed by atoms with Crippen LogP contribution in [-0.4, -0.2) is 25.6 Å². The van der Waals surface area contributed by atoms with Crippen LogP contribution in [0.25, 0.3) is 0 Å². The van der Waals surface area contributed by atoms with E-state index in [4.69, 9.17) is 5.11 Å². The number of hydrogen-bond acceptors (Lipinski definition) is 3. The number of aromatic nitrogens is 2. The van der Waals surface area contributed by atoms with Crippen molar-refractivity contribution in [3.8, 4) is 0 Å². The first kappa shape index (κ1) is 12.1. The molecule has 0 aromatic carbocycles. The van der Waals surface area contributed by atoms with Gasteiger partial charge in [-0.1, -0.05) is 32.5 Å². The fourth-order valence-electron chi connectivity index (χ4n) is 1.29. The zero-order chi connectivity index (χ0) is 11.8. The van der Waals surface area contributed by atoms with Gasteiger partial charge >= 0.3 is 5.97 Å².